The summed E-state index contributed by atoms with van der Waals surface area (Å²) in [5, 5.41) is 0.655. The highest BCUT2D eigenvalue weighted by Gasteiger charge is 2.26. The van der Waals surface area contributed by atoms with Crippen molar-refractivity contribution in [3.05, 3.63) is 22.2 Å². The lowest BCUT2D eigenvalue weighted by atomic mass is 10.0. The minimum Gasteiger partial charge on any atom is -0.238 e. The van der Waals surface area contributed by atoms with E-state index in [0.29, 0.717) is 17.0 Å². The highest BCUT2D eigenvalue weighted by molar-refractivity contribution is 6.30. The molecule has 1 aromatic rings. The van der Waals surface area contributed by atoms with Gasteiger partial charge in [-0.15, -0.1) is 0 Å². The first kappa shape index (κ1) is 12.8. The molecule has 0 N–H and O–H groups in total. The van der Waals surface area contributed by atoms with E-state index < -0.39 is 0 Å². The Morgan fingerprint density at radius 1 is 1.24 bits per heavy atom. The van der Waals surface area contributed by atoms with Crippen LogP contribution in [0.3, 0.4) is 0 Å². The van der Waals surface area contributed by atoms with Crippen LogP contribution in [0.25, 0.3) is 0 Å². The monoisotopic (exact) mass is 252 g/mol. The summed E-state index contributed by atoms with van der Waals surface area (Å²) < 4.78 is 0. The van der Waals surface area contributed by atoms with Gasteiger partial charge in [-0.1, -0.05) is 32.4 Å². The molecule has 1 heterocycles. The van der Waals surface area contributed by atoms with Crippen molar-refractivity contribution in [2.45, 2.75) is 58.8 Å². The van der Waals surface area contributed by atoms with Crippen molar-refractivity contribution in [1.82, 2.24) is 9.97 Å². The third-order valence-electron chi connectivity index (χ3n) is 3.74. The molecule has 1 aliphatic carbocycles. The van der Waals surface area contributed by atoms with Crippen LogP contribution in [0.15, 0.2) is 0 Å². The maximum Gasteiger partial charge on any atom is 0.136 e. The lowest BCUT2D eigenvalue weighted by Crippen LogP contribution is -2.07. The lowest BCUT2D eigenvalue weighted by Gasteiger charge is -2.15. The van der Waals surface area contributed by atoms with Crippen LogP contribution in [0.1, 0.15) is 69.0 Å². The third-order valence-corrected chi connectivity index (χ3v) is 4.03. The lowest BCUT2D eigenvalue weighted by molar-refractivity contribution is 0.583. The zero-order valence-electron chi connectivity index (χ0n) is 11.1. The van der Waals surface area contributed by atoms with Crippen molar-refractivity contribution in [3.8, 4) is 0 Å². The molecule has 1 aliphatic rings. The first-order valence-electron chi connectivity index (χ1n) is 6.53. The van der Waals surface area contributed by atoms with Crippen LogP contribution in [0.2, 0.25) is 5.15 Å². The predicted molar refractivity (Wildman–Crippen MR) is 71.6 cm³/mol. The molecule has 2 unspecified atom stereocenters. The zero-order valence-corrected chi connectivity index (χ0v) is 11.9. The summed E-state index contributed by atoms with van der Waals surface area (Å²) in [6, 6.07) is 0. The van der Waals surface area contributed by atoms with E-state index in [2.05, 4.69) is 30.7 Å². The molecule has 3 heteroatoms. The highest BCUT2D eigenvalue weighted by atomic mass is 35.5. The van der Waals surface area contributed by atoms with Gasteiger partial charge in [-0.2, -0.15) is 0 Å². The number of hydrogen-bond donors (Lipinski definition) is 0. The first-order valence-corrected chi connectivity index (χ1v) is 6.90. The molecule has 2 rings (SSSR count). The van der Waals surface area contributed by atoms with Gasteiger partial charge in [0.2, 0.25) is 0 Å². The van der Waals surface area contributed by atoms with Crippen molar-refractivity contribution in [1.29, 1.82) is 0 Å². The van der Waals surface area contributed by atoms with Crippen LogP contribution >= 0.6 is 11.6 Å². The Bertz CT molecular complexity index is 392. The van der Waals surface area contributed by atoms with E-state index in [1.807, 2.05) is 6.92 Å². The van der Waals surface area contributed by atoms with Gasteiger partial charge in [-0.05, 0) is 38.0 Å². The van der Waals surface area contributed by atoms with E-state index in [4.69, 9.17) is 11.6 Å². The largest absolute Gasteiger partial charge is 0.238 e. The Hall–Kier alpha value is -0.630. The zero-order chi connectivity index (χ0) is 12.6. The number of nitrogens with zero attached hydrogens (tertiary/aromatic N) is 2. The SMILES string of the molecule is Cc1nc(C2CCC(C)C2)nc(Cl)c1C(C)C. The van der Waals surface area contributed by atoms with Crippen molar-refractivity contribution >= 4 is 11.6 Å². The van der Waals surface area contributed by atoms with Gasteiger partial charge in [0.15, 0.2) is 0 Å². The number of aryl methyl sites for hydroxylation is 1. The second-order valence-corrected chi connectivity index (χ2v) is 6.00. The van der Waals surface area contributed by atoms with Crippen LogP contribution in [0.5, 0.6) is 0 Å². The van der Waals surface area contributed by atoms with E-state index in [1.54, 1.807) is 0 Å². The van der Waals surface area contributed by atoms with Gasteiger partial charge in [0.05, 0.1) is 0 Å². The van der Waals surface area contributed by atoms with E-state index in [1.165, 1.54) is 19.3 Å². The molecule has 2 atom stereocenters. The topological polar surface area (TPSA) is 25.8 Å². The molecule has 0 bridgehead atoms. The molecule has 0 amide bonds. The standard InChI is InChI=1S/C14H21ClN2/c1-8(2)12-10(4)16-14(17-13(12)15)11-6-5-9(3)7-11/h8-9,11H,5-7H2,1-4H3. The van der Waals surface area contributed by atoms with E-state index in [9.17, 15) is 0 Å². The first-order chi connectivity index (χ1) is 7.99. The molecule has 0 aliphatic heterocycles. The molecule has 0 spiro atoms. The fraction of sp³-hybridized carbons (Fsp3) is 0.714. The van der Waals surface area contributed by atoms with E-state index in [0.717, 1.165) is 23.0 Å². The van der Waals surface area contributed by atoms with Crippen molar-refractivity contribution in [2.75, 3.05) is 0 Å². The highest BCUT2D eigenvalue weighted by Crippen LogP contribution is 2.37. The average Bonchev–Trinajstić information content (AvgIpc) is 2.63. The number of rotatable bonds is 2. The van der Waals surface area contributed by atoms with Crippen LogP contribution in [-0.2, 0) is 0 Å². The molecule has 1 fully saturated rings. The normalized spacial score (nSPS) is 24.6. The number of aromatic nitrogens is 2. The Morgan fingerprint density at radius 3 is 2.41 bits per heavy atom. The maximum absolute atomic E-state index is 6.29. The minimum atomic E-state index is 0.388. The Morgan fingerprint density at radius 2 is 1.94 bits per heavy atom. The molecule has 17 heavy (non-hydrogen) atoms. The summed E-state index contributed by atoms with van der Waals surface area (Å²) in [7, 11) is 0. The van der Waals surface area contributed by atoms with Gasteiger partial charge in [0, 0.05) is 17.2 Å². The summed E-state index contributed by atoms with van der Waals surface area (Å²) in [5.74, 6) is 2.66. The van der Waals surface area contributed by atoms with Crippen molar-refractivity contribution in [2.24, 2.45) is 5.92 Å². The summed E-state index contributed by atoms with van der Waals surface area (Å²) in [5.41, 5.74) is 2.15. The average molecular weight is 253 g/mol. The molecular formula is C14H21ClN2. The molecular weight excluding hydrogens is 232 g/mol. The minimum absolute atomic E-state index is 0.388. The van der Waals surface area contributed by atoms with Gasteiger partial charge in [-0.25, -0.2) is 9.97 Å². The molecule has 0 saturated heterocycles. The molecule has 2 nitrogen and oxygen atoms in total. The molecule has 0 radical (unpaired) electrons. The molecule has 94 valence electrons. The predicted octanol–water partition coefficient (Wildman–Crippen LogP) is 4.47. The molecule has 0 aromatic carbocycles. The second-order valence-electron chi connectivity index (χ2n) is 5.64. The van der Waals surface area contributed by atoms with Gasteiger partial charge < -0.3 is 0 Å². The van der Waals surface area contributed by atoms with Crippen LogP contribution in [0.4, 0.5) is 0 Å². The van der Waals surface area contributed by atoms with Crippen LogP contribution < -0.4 is 0 Å². The smallest absolute Gasteiger partial charge is 0.136 e. The van der Waals surface area contributed by atoms with Crippen molar-refractivity contribution < 1.29 is 0 Å². The van der Waals surface area contributed by atoms with Gasteiger partial charge >= 0.3 is 0 Å². The summed E-state index contributed by atoms with van der Waals surface area (Å²) in [6.07, 6.45) is 3.70. The summed E-state index contributed by atoms with van der Waals surface area (Å²) in [4.78, 5) is 9.20. The molecule has 1 aromatic heterocycles. The second kappa shape index (κ2) is 4.93. The fourth-order valence-electron chi connectivity index (χ4n) is 2.85. The van der Waals surface area contributed by atoms with Gasteiger partial charge in [0.1, 0.15) is 11.0 Å². The molecule has 1 saturated carbocycles. The Kier molecular flexibility index (Phi) is 3.72. The quantitative estimate of drug-likeness (QED) is 0.726. The number of hydrogen-bond acceptors (Lipinski definition) is 2. The Labute approximate surface area is 109 Å². The fourth-order valence-corrected chi connectivity index (χ4v) is 3.29. The Balaban J connectivity index is 2.32. The van der Waals surface area contributed by atoms with Crippen LogP contribution in [0, 0.1) is 12.8 Å². The van der Waals surface area contributed by atoms with E-state index in [-0.39, 0.29) is 0 Å². The van der Waals surface area contributed by atoms with Gasteiger partial charge in [-0.3, -0.25) is 0 Å². The summed E-state index contributed by atoms with van der Waals surface area (Å²) >= 11 is 6.29. The maximum atomic E-state index is 6.29. The summed E-state index contributed by atoms with van der Waals surface area (Å²) in [6.45, 7) is 8.62. The van der Waals surface area contributed by atoms with Gasteiger partial charge in [0.25, 0.3) is 0 Å². The third kappa shape index (κ3) is 2.62. The van der Waals surface area contributed by atoms with Crippen LogP contribution in [-0.4, -0.2) is 9.97 Å². The van der Waals surface area contributed by atoms with Crippen molar-refractivity contribution in [3.63, 3.8) is 0 Å². The van der Waals surface area contributed by atoms with E-state index >= 15 is 0 Å². The number of halogens is 1.